The van der Waals surface area contributed by atoms with Crippen molar-refractivity contribution in [2.24, 2.45) is 0 Å². The van der Waals surface area contributed by atoms with E-state index in [9.17, 15) is 0 Å². The second-order valence-electron chi connectivity index (χ2n) is 5.42. The van der Waals surface area contributed by atoms with Gasteiger partial charge in [-0.2, -0.15) is 0 Å². The van der Waals surface area contributed by atoms with Crippen LogP contribution in [-0.2, 0) is 0 Å². The number of hydrogen-bond acceptors (Lipinski definition) is 2. The molecule has 0 radical (unpaired) electrons. The maximum Gasteiger partial charge on any atom is 0.0399 e. The summed E-state index contributed by atoms with van der Waals surface area (Å²) in [5, 5.41) is 3.63. The molecule has 1 saturated heterocycles. The molecule has 0 amide bonds. The lowest BCUT2D eigenvalue weighted by Crippen LogP contribution is -2.38. The van der Waals surface area contributed by atoms with E-state index in [-0.39, 0.29) is 0 Å². The van der Waals surface area contributed by atoms with Gasteiger partial charge in [-0.15, -0.1) is 0 Å². The Labute approximate surface area is 105 Å². The van der Waals surface area contributed by atoms with E-state index in [1.807, 2.05) is 0 Å². The van der Waals surface area contributed by atoms with Crippen LogP contribution in [0.25, 0.3) is 0 Å². The topological polar surface area (TPSA) is 15.3 Å². The van der Waals surface area contributed by atoms with E-state index in [4.69, 9.17) is 0 Å². The summed E-state index contributed by atoms with van der Waals surface area (Å²) in [5.74, 6) is 0. The van der Waals surface area contributed by atoms with Crippen LogP contribution in [0.3, 0.4) is 0 Å². The van der Waals surface area contributed by atoms with Crippen LogP contribution in [-0.4, -0.2) is 25.2 Å². The summed E-state index contributed by atoms with van der Waals surface area (Å²) in [4.78, 5) is 2.53. The van der Waals surface area contributed by atoms with Crippen molar-refractivity contribution in [3.63, 3.8) is 0 Å². The molecular formula is C15H24N2. The molecule has 2 heteroatoms. The molecule has 2 rings (SSSR count). The standard InChI is InChI=1S/C15H24N2/c1-11-6-5-7-15(14(11)4)17-9-8-12(2)16-13(3)10-17/h5-7,12-13,16H,8-10H2,1-4H3. The van der Waals surface area contributed by atoms with E-state index in [0.29, 0.717) is 12.1 Å². The van der Waals surface area contributed by atoms with E-state index < -0.39 is 0 Å². The van der Waals surface area contributed by atoms with Crippen LogP contribution in [0.2, 0.25) is 0 Å². The third kappa shape index (κ3) is 2.81. The normalized spacial score (nSPS) is 25.8. The first-order valence-corrected chi connectivity index (χ1v) is 6.65. The molecule has 1 fully saturated rings. The van der Waals surface area contributed by atoms with Crippen LogP contribution in [0.1, 0.15) is 31.4 Å². The fraction of sp³-hybridized carbons (Fsp3) is 0.600. The summed E-state index contributed by atoms with van der Waals surface area (Å²) in [6, 6.07) is 7.81. The van der Waals surface area contributed by atoms with Gasteiger partial charge in [0.25, 0.3) is 0 Å². The Balaban J connectivity index is 2.23. The Morgan fingerprint density at radius 2 is 1.94 bits per heavy atom. The molecule has 17 heavy (non-hydrogen) atoms. The monoisotopic (exact) mass is 232 g/mol. The van der Waals surface area contributed by atoms with Crippen LogP contribution in [0.15, 0.2) is 18.2 Å². The van der Waals surface area contributed by atoms with Crippen molar-refractivity contribution in [1.29, 1.82) is 0 Å². The van der Waals surface area contributed by atoms with Crippen molar-refractivity contribution in [3.05, 3.63) is 29.3 Å². The van der Waals surface area contributed by atoms with E-state index in [1.54, 1.807) is 0 Å². The Morgan fingerprint density at radius 1 is 1.18 bits per heavy atom. The van der Waals surface area contributed by atoms with Gasteiger partial charge in [0.05, 0.1) is 0 Å². The van der Waals surface area contributed by atoms with Gasteiger partial charge in [0, 0.05) is 30.9 Å². The minimum absolute atomic E-state index is 0.562. The van der Waals surface area contributed by atoms with E-state index >= 15 is 0 Å². The third-order valence-corrected chi connectivity index (χ3v) is 3.81. The van der Waals surface area contributed by atoms with E-state index in [2.05, 4.69) is 56.1 Å². The highest BCUT2D eigenvalue weighted by molar-refractivity contribution is 5.56. The Kier molecular flexibility index (Phi) is 3.72. The average molecular weight is 232 g/mol. The summed E-state index contributed by atoms with van der Waals surface area (Å²) in [6.45, 7) is 11.2. The average Bonchev–Trinajstić information content (AvgIpc) is 2.43. The van der Waals surface area contributed by atoms with Gasteiger partial charge < -0.3 is 10.2 Å². The second-order valence-corrected chi connectivity index (χ2v) is 5.42. The molecule has 0 saturated carbocycles. The van der Waals surface area contributed by atoms with Crippen molar-refractivity contribution >= 4 is 5.69 Å². The molecule has 94 valence electrons. The molecule has 1 aromatic rings. The van der Waals surface area contributed by atoms with Gasteiger partial charge in [-0.25, -0.2) is 0 Å². The van der Waals surface area contributed by atoms with Crippen LogP contribution >= 0.6 is 0 Å². The third-order valence-electron chi connectivity index (χ3n) is 3.81. The molecule has 0 spiro atoms. The van der Waals surface area contributed by atoms with Gasteiger partial charge in [-0.3, -0.25) is 0 Å². The summed E-state index contributed by atoms with van der Waals surface area (Å²) >= 11 is 0. The molecule has 2 unspecified atom stereocenters. The predicted octanol–water partition coefficient (Wildman–Crippen LogP) is 2.88. The van der Waals surface area contributed by atoms with Crippen molar-refractivity contribution in [2.75, 3.05) is 18.0 Å². The van der Waals surface area contributed by atoms with Gasteiger partial charge in [0.15, 0.2) is 0 Å². The zero-order valence-corrected chi connectivity index (χ0v) is 11.5. The van der Waals surface area contributed by atoms with Gasteiger partial charge in [-0.1, -0.05) is 12.1 Å². The molecule has 0 bridgehead atoms. The number of rotatable bonds is 1. The maximum absolute atomic E-state index is 3.63. The molecule has 0 aliphatic carbocycles. The van der Waals surface area contributed by atoms with Gasteiger partial charge in [-0.05, 0) is 51.3 Å². The van der Waals surface area contributed by atoms with Crippen molar-refractivity contribution in [1.82, 2.24) is 5.32 Å². The lowest BCUT2D eigenvalue weighted by atomic mass is 10.1. The van der Waals surface area contributed by atoms with E-state index in [1.165, 1.54) is 23.2 Å². The SMILES string of the molecule is Cc1cccc(N2CCC(C)NC(C)C2)c1C. The predicted molar refractivity (Wildman–Crippen MR) is 74.8 cm³/mol. The molecular weight excluding hydrogens is 208 g/mol. The highest BCUT2D eigenvalue weighted by atomic mass is 15.2. The van der Waals surface area contributed by atoms with Gasteiger partial charge in [0.1, 0.15) is 0 Å². The summed E-state index contributed by atoms with van der Waals surface area (Å²) in [6.07, 6.45) is 1.22. The zero-order valence-electron chi connectivity index (χ0n) is 11.5. The van der Waals surface area contributed by atoms with Gasteiger partial charge in [0.2, 0.25) is 0 Å². The number of hydrogen-bond donors (Lipinski definition) is 1. The minimum Gasteiger partial charge on any atom is -0.370 e. The van der Waals surface area contributed by atoms with Crippen molar-refractivity contribution in [2.45, 2.75) is 46.2 Å². The highest BCUT2D eigenvalue weighted by Crippen LogP contribution is 2.24. The summed E-state index contributed by atoms with van der Waals surface area (Å²) < 4.78 is 0. The van der Waals surface area contributed by atoms with Crippen LogP contribution < -0.4 is 10.2 Å². The Bertz CT molecular complexity index is 387. The van der Waals surface area contributed by atoms with Gasteiger partial charge >= 0.3 is 0 Å². The minimum atomic E-state index is 0.562. The first-order chi connectivity index (χ1) is 8.08. The second kappa shape index (κ2) is 5.09. The number of nitrogens with one attached hydrogen (secondary N) is 1. The lowest BCUT2D eigenvalue weighted by molar-refractivity contribution is 0.492. The lowest BCUT2D eigenvalue weighted by Gasteiger charge is -2.27. The summed E-state index contributed by atoms with van der Waals surface area (Å²) in [7, 11) is 0. The largest absolute Gasteiger partial charge is 0.370 e. The summed E-state index contributed by atoms with van der Waals surface area (Å²) in [5.41, 5.74) is 4.22. The van der Waals surface area contributed by atoms with Crippen LogP contribution in [0.5, 0.6) is 0 Å². The Hall–Kier alpha value is -1.02. The number of aryl methyl sites for hydroxylation is 1. The number of anilines is 1. The molecule has 0 aromatic heterocycles. The molecule has 1 N–H and O–H groups in total. The Morgan fingerprint density at radius 3 is 2.71 bits per heavy atom. The first kappa shape index (κ1) is 12.4. The fourth-order valence-electron chi connectivity index (χ4n) is 2.69. The molecule has 2 atom stereocenters. The number of nitrogens with zero attached hydrogens (tertiary/aromatic N) is 1. The molecule has 1 aliphatic heterocycles. The molecule has 1 aromatic carbocycles. The van der Waals surface area contributed by atoms with Crippen molar-refractivity contribution in [3.8, 4) is 0 Å². The maximum atomic E-state index is 3.63. The quantitative estimate of drug-likeness (QED) is 0.801. The highest BCUT2D eigenvalue weighted by Gasteiger charge is 2.19. The zero-order chi connectivity index (χ0) is 12.4. The molecule has 1 aliphatic rings. The fourth-order valence-corrected chi connectivity index (χ4v) is 2.69. The van der Waals surface area contributed by atoms with Crippen LogP contribution in [0, 0.1) is 13.8 Å². The smallest absolute Gasteiger partial charge is 0.0399 e. The molecule has 1 heterocycles. The molecule has 2 nitrogen and oxygen atoms in total. The first-order valence-electron chi connectivity index (χ1n) is 6.65. The van der Waals surface area contributed by atoms with Crippen LogP contribution in [0.4, 0.5) is 5.69 Å². The van der Waals surface area contributed by atoms with Crippen molar-refractivity contribution < 1.29 is 0 Å². The number of benzene rings is 1. The van der Waals surface area contributed by atoms with E-state index in [0.717, 1.165) is 13.1 Å².